The quantitative estimate of drug-likeness (QED) is 0.637. The molecule has 1 aliphatic carbocycles. The Morgan fingerprint density at radius 2 is 2.00 bits per heavy atom. The van der Waals surface area contributed by atoms with Crippen LogP contribution in [0.5, 0.6) is 0 Å². The molecule has 1 aliphatic heterocycles. The Kier molecular flexibility index (Phi) is 3.29. The maximum atomic E-state index is 11.5. The molecule has 2 atom stereocenters. The Balaban J connectivity index is 1.85. The van der Waals surface area contributed by atoms with Crippen LogP contribution < -0.4 is 10.6 Å². The van der Waals surface area contributed by atoms with E-state index in [2.05, 4.69) is 10.6 Å². The third-order valence-electron chi connectivity index (χ3n) is 2.89. The van der Waals surface area contributed by atoms with Crippen molar-refractivity contribution in [3.8, 4) is 0 Å². The number of carbonyl (C=O) groups is 2. The van der Waals surface area contributed by atoms with E-state index < -0.39 is 33.9 Å². The van der Waals surface area contributed by atoms with Gasteiger partial charge in [-0.05, 0) is 24.8 Å². The number of carbonyl (C=O) groups excluding carboxylic acids is 1. The van der Waals surface area contributed by atoms with Crippen molar-refractivity contribution in [2.75, 3.05) is 5.75 Å². The van der Waals surface area contributed by atoms with Crippen LogP contribution in [0.25, 0.3) is 0 Å². The predicted octanol–water partition coefficient (Wildman–Crippen LogP) is -0.540. The van der Waals surface area contributed by atoms with E-state index in [1.54, 1.807) is 0 Å². The normalized spacial score (nSPS) is 26.6. The van der Waals surface area contributed by atoms with Gasteiger partial charge in [-0.3, -0.25) is 0 Å². The zero-order valence-corrected chi connectivity index (χ0v) is 10.3. The molecule has 2 unspecified atom stereocenters. The number of hydrogen-bond acceptors (Lipinski definition) is 4. The Hall–Kier alpha value is -1.57. The minimum absolute atomic E-state index is 0.0175. The molecule has 1 fully saturated rings. The number of sulfone groups is 1. The number of carboxylic acids is 1. The lowest BCUT2D eigenvalue weighted by atomic mass is 10.2. The number of amides is 2. The van der Waals surface area contributed by atoms with Gasteiger partial charge in [0.1, 0.15) is 6.04 Å². The number of aliphatic carboxylic acids is 1. The zero-order valence-electron chi connectivity index (χ0n) is 9.50. The molecule has 1 saturated carbocycles. The Morgan fingerprint density at radius 3 is 2.44 bits per heavy atom. The molecule has 8 heteroatoms. The van der Waals surface area contributed by atoms with E-state index in [0.717, 1.165) is 18.2 Å². The van der Waals surface area contributed by atoms with E-state index in [4.69, 9.17) is 5.11 Å². The molecule has 100 valence electrons. The van der Waals surface area contributed by atoms with Crippen LogP contribution in [0.4, 0.5) is 4.79 Å². The second-order valence-electron chi connectivity index (χ2n) is 4.54. The van der Waals surface area contributed by atoms with Crippen LogP contribution in [0.1, 0.15) is 12.8 Å². The molecular formula is C10H14N2O5S. The van der Waals surface area contributed by atoms with Gasteiger partial charge in [0, 0.05) is 5.41 Å². The first kappa shape index (κ1) is 12.9. The smallest absolute Gasteiger partial charge is 0.326 e. The summed E-state index contributed by atoms with van der Waals surface area (Å²) in [6.07, 6.45) is 2.95. The van der Waals surface area contributed by atoms with E-state index in [1.807, 2.05) is 0 Å². The van der Waals surface area contributed by atoms with Gasteiger partial charge in [-0.15, -0.1) is 0 Å². The first-order valence-electron chi connectivity index (χ1n) is 5.58. The lowest BCUT2D eigenvalue weighted by Gasteiger charge is -2.16. The summed E-state index contributed by atoms with van der Waals surface area (Å²) in [5.41, 5.74) is 0. The monoisotopic (exact) mass is 274 g/mol. The fraction of sp³-hybridized carbons (Fsp3) is 0.600. The van der Waals surface area contributed by atoms with Crippen LogP contribution in [-0.2, 0) is 14.6 Å². The van der Waals surface area contributed by atoms with Crippen LogP contribution in [0.15, 0.2) is 11.5 Å². The van der Waals surface area contributed by atoms with Crippen molar-refractivity contribution in [2.24, 2.45) is 5.92 Å². The first-order valence-corrected chi connectivity index (χ1v) is 7.30. The topological polar surface area (TPSA) is 113 Å². The largest absolute Gasteiger partial charge is 0.480 e. The van der Waals surface area contributed by atoms with Crippen molar-refractivity contribution in [3.63, 3.8) is 0 Å². The van der Waals surface area contributed by atoms with E-state index >= 15 is 0 Å². The van der Waals surface area contributed by atoms with Gasteiger partial charge in [0.05, 0.1) is 11.8 Å². The van der Waals surface area contributed by atoms with E-state index in [0.29, 0.717) is 0 Å². The highest BCUT2D eigenvalue weighted by Gasteiger charge is 2.37. The second kappa shape index (κ2) is 4.60. The summed E-state index contributed by atoms with van der Waals surface area (Å²) in [6.45, 7) is 0. The summed E-state index contributed by atoms with van der Waals surface area (Å²) in [4.78, 5) is 22.4. The lowest BCUT2D eigenvalue weighted by molar-refractivity contribution is -0.139. The number of rotatable bonds is 4. The van der Waals surface area contributed by atoms with Crippen molar-refractivity contribution in [1.82, 2.24) is 10.6 Å². The fourth-order valence-electron chi connectivity index (χ4n) is 1.83. The maximum absolute atomic E-state index is 11.5. The Labute approximate surface area is 104 Å². The number of hydrogen-bond donors (Lipinski definition) is 3. The van der Waals surface area contributed by atoms with Crippen LogP contribution in [0, 0.1) is 5.92 Å². The number of urea groups is 1. The van der Waals surface area contributed by atoms with Crippen molar-refractivity contribution < 1.29 is 23.1 Å². The molecule has 0 bridgehead atoms. The first-order chi connectivity index (χ1) is 8.37. The van der Waals surface area contributed by atoms with E-state index in [1.165, 1.54) is 6.08 Å². The van der Waals surface area contributed by atoms with Crippen molar-refractivity contribution in [3.05, 3.63) is 11.5 Å². The molecule has 0 aromatic rings. The summed E-state index contributed by atoms with van der Waals surface area (Å²) in [7, 11) is -3.23. The van der Waals surface area contributed by atoms with Crippen molar-refractivity contribution in [2.45, 2.75) is 24.9 Å². The highest BCUT2D eigenvalue weighted by atomic mass is 32.2. The van der Waals surface area contributed by atoms with Gasteiger partial charge in [0.25, 0.3) is 0 Å². The van der Waals surface area contributed by atoms with Gasteiger partial charge in [0.15, 0.2) is 9.84 Å². The third-order valence-corrected chi connectivity index (χ3v) is 4.29. The Bertz CT molecular complexity index is 494. The average Bonchev–Trinajstić information content (AvgIpc) is 3.01. The van der Waals surface area contributed by atoms with E-state index in [-0.39, 0.29) is 11.7 Å². The van der Waals surface area contributed by atoms with Crippen LogP contribution in [0.2, 0.25) is 0 Å². The SMILES string of the molecule is O=C(NC1C=CS(=O)(=O)C1)NC(C(=O)O)C1CC1. The molecule has 0 saturated heterocycles. The Morgan fingerprint density at radius 1 is 1.33 bits per heavy atom. The summed E-state index contributed by atoms with van der Waals surface area (Å²) < 4.78 is 22.2. The molecule has 2 amide bonds. The maximum Gasteiger partial charge on any atom is 0.326 e. The van der Waals surface area contributed by atoms with Crippen molar-refractivity contribution >= 4 is 21.8 Å². The molecule has 2 rings (SSSR count). The van der Waals surface area contributed by atoms with Crippen LogP contribution in [-0.4, -0.2) is 43.4 Å². The molecule has 0 spiro atoms. The molecule has 0 aromatic carbocycles. The lowest BCUT2D eigenvalue weighted by Crippen LogP contribution is -2.50. The predicted molar refractivity (Wildman–Crippen MR) is 62.5 cm³/mol. The number of nitrogens with one attached hydrogen (secondary N) is 2. The van der Waals surface area contributed by atoms with Gasteiger partial charge in [-0.2, -0.15) is 0 Å². The standard InChI is InChI=1S/C10H14N2O5S/c13-9(14)8(6-1-2-6)12-10(15)11-7-3-4-18(16,17)5-7/h3-4,6-8H,1-2,5H2,(H,13,14)(H2,11,12,15). The fourth-order valence-corrected chi connectivity index (χ4v) is 3.06. The summed E-state index contributed by atoms with van der Waals surface area (Å²) in [5, 5.41) is 14.8. The minimum atomic E-state index is -3.23. The molecular weight excluding hydrogens is 260 g/mol. The zero-order chi connectivity index (χ0) is 13.3. The molecule has 18 heavy (non-hydrogen) atoms. The molecule has 3 N–H and O–H groups in total. The minimum Gasteiger partial charge on any atom is -0.480 e. The molecule has 0 radical (unpaired) electrons. The molecule has 2 aliphatic rings. The van der Waals surface area contributed by atoms with E-state index in [9.17, 15) is 18.0 Å². The highest BCUT2D eigenvalue weighted by molar-refractivity contribution is 7.94. The second-order valence-corrected chi connectivity index (χ2v) is 6.47. The van der Waals surface area contributed by atoms with Gasteiger partial charge >= 0.3 is 12.0 Å². The van der Waals surface area contributed by atoms with Crippen LogP contribution in [0.3, 0.4) is 0 Å². The molecule has 0 aromatic heterocycles. The highest BCUT2D eigenvalue weighted by Crippen LogP contribution is 2.32. The summed E-state index contributed by atoms with van der Waals surface area (Å²) in [6, 6.07) is -2.14. The van der Waals surface area contributed by atoms with Gasteiger partial charge < -0.3 is 15.7 Å². The molecule has 1 heterocycles. The van der Waals surface area contributed by atoms with Gasteiger partial charge in [-0.25, -0.2) is 18.0 Å². The molecule has 7 nitrogen and oxygen atoms in total. The third kappa shape index (κ3) is 3.22. The van der Waals surface area contributed by atoms with Crippen molar-refractivity contribution in [1.29, 1.82) is 0 Å². The summed E-state index contributed by atoms with van der Waals surface area (Å²) in [5.74, 6) is -1.26. The van der Waals surface area contributed by atoms with Crippen LogP contribution >= 0.6 is 0 Å². The van der Waals surface area contributed by atoms with Gasteiger partial charge in [-0.1, -0.05) is 0 Å². The number of carboxylic acid groups (broad SMARTS) is 1. The van der Waals surface area contributed by atoms with Gasteiger partial charge in [0.2, 0.25) is 0 Å². The average molecular weight is 274 g/mol. The summed E-state index contributed by atoms with van der Waals surface area (Å²) >= 11 is 0.